The van der Waals surface area contributed by atoms with Crippen LogP contribution in [0.15, 0.2) is 35.6 Å². The van der Waals surface area contributed by atoms with Crippen molar-refractivity contribution in [3.8, 4) is 0 Å². The summed E-state index contributed by atoms with van der Waals surface area (Å²) in [5.41, 5.74) is 0.535. The van der Waals surface area contributed by atoms with Crippen LogP contribution in [0.3, 0.4) is 0 Å². The molecule has 1 N–H and O–H groups in total. The van der Waals surface area contributed by atoms with Crippen molar-refractivity contribution in [2.24, 2.45) is 4.99 Å². The summed E-state index contributed by atoms with van der Waals surface area (Å²) in [4.78, 5) is 22.1. The maximum Gasteiger partial charge on any atom is 0.338 e. The minimum Gasteiger partial charge on any atom is -0.478 e. The molecule has 0 fully saturated rings. The van der Waals surface area contributed by atoms with Crippen molar-refractivity contribution >= 4 is 18.4 Å². The molecule has 1 rings (SSSR count). The molecule has 1 heterocycles. The van der Waals surface area contributed by atoms with E-state index in [2.05, 4.69) is 21.7 Å². The predicted octanol–water partition coefficient (Wildman–Crippen LogP) is 1.79. The van der Waals surface area contributed by atoms with Gasteiger partial charge in [-0.1, -0.05) is 12.2 Å². The van der Waals surface area contributed by atoms with Gasteiger partial charge in [0.05, 0.1) is 5.56 Å². The van der Waals surface area contributed by atoms with Crippen molar-refractivity contribution < 1.29 is 9.90 Å². The molecule has 0 aliphatic carbocycles. The lowest BCUT2D eigenvalue weighted by Gasteiger charge is -1.98. The molecule has 0 bridgehead atoms. The van der Waals surface area contributed by atoms with Crippen LogP contribution in [0.5, 0.6) is 0 Å². The van der Waals surface area contributed by atoms with E-state index >= 15 is 0 Å². The van der Waals surface area contributed by atoms with Crippen LogP contribution >= 0.6 is 0 Å². The molecule has 0 unspecified atom stereocenters. The Morgan fingerprint density at radius 2 is 2.12 bits per heavy atom. The number of aromatic carboxylic acids is 1. The number of hydrogen-bond donors (Lipinski definition) is 1. The molecule has 0 amide bonds. The molecule has 1 aromatic rings. The van der Waals surface area contributed by atoms with Gasteiger partial charge >= 0.3 is 5.97 Å². The zero-order valence-corrected chi connectivity index (χ0v) is 8.79. The molecule has 0 aliphatic heterocycles. The van der Waals surface area contributed by atoms with E-state index in [1.54, 1.807) is 12.2 Å². The van der Waals surface area contributed by atoms with Crippen LogP contribution in [-0.2, 0) is 0 Å². The van der Waals surface area contributed by atoms with Crippen molar-refractivity contribution in [2.45, 2.75) is 6.92 Å². The van der Waals surface area contributed by atoms with Gasteiger partial charge in [0.1, 0.15) is 5.70 Å². The molecule has 0 spiro atoms. The Morgan fingerprint density at radius 3 is 2.56 bits per heavy atom. The summed E-state index contributed by atoms with van der Waals surface area (Å²) in [6.45, 7) is 5.27. The van der Waals surface area contributed by atoms with Crippen molar-refractivity contribution in [3.05, 3.63) is 42.0 Å². The fraction of sp³-hybridized carbons (Fsp3) is 0.0909. The van der Waals surface area contributed by atoms with Gasteiger partial charge in [-0.3, -0.25) is 4.99 Å². The molecule has 0 radical (unpaired) electrons. The van der Waals surface area contributed by atoms with E-state index in [9.17, 15) is 4.79 Å². The lowest BCUT2D eigenvalue weighted by Crippen LogP contribution is -2.00. The molecular formula is C11H11N3O2. The molecule has 16 heavy (non-hydrogen) atoms. The van der Waals surface area contributed by atoms with E-state index in [4.69, 9.17) is 5.11 Å². The zero-order valence-electron chi connectivity index (χ0n) is 8.79. The first-order chi connectivity index (χ1) is 7.69. The summed E-state index contributed by atoms with van der Waals surface area (Å²) in [5.74, 6) is -0.713. The van der Waals surface area contributed by atoms with E-state index in [0.29, 0.717) is 11.5 Å². The molecule has 5 nitrogen and oxygen atoms in total. The average molecular weight is 217 g/mol. The molecule has 0 saturated carbocycles. The highest BCUT2D eigenvalue weighted by Gasteiger charge is 2.06. The van der Waals surface area contributed by atoms with Gasteiger partial charge in [0.15, 0.2) is 5.82 Å². The fourth-order valence-electron chi connectivity index (χ4n) is 0.956. The summed E-state index contributed by atoms with van der Waals surface area (Å²) in [7, 11) is 0. The Bertz CT molecular complexity index is 447. The Balaban J connectivity index is 3.04. The predicted molar refractivity (Wildman–Crippen MR) is 61.3 cm³/mol. The number of carboxylic acid groups (broad SMARTS) is 1. The van der Waals surface area contributed by atoms with Crippen molar-refractivity contribution in [2.75, 3.05) is 0 Å². The van der Waals surface area contributed by atoms with E-state index in [0.717, 1.165) is 0 Å². The second kappa shape index (κ2) is 5.55. The van der Waals surface area contributed by atoms with Crippen LogP contribution < -0.4 is 0 Å². The first-order valence-corrected chi connectivity index (χ1v) is 4.54. The number of allylic oxidation sites excluding steroid dienone is 3. The standard InChI is InChI=1S/C11H11N3O2/c1-3-4-5-9(12-2)10-13-6-8(7-14-10)11(15)16/h3-7H,2H2,1H3,(H,15,16)/b4-3-,9-5-. The Morgan fingerprint density at radius 1 is 1.50 bits per heavy atom. The minimum atomic E-state index is -1.06. The lowest BCUT2D eigenvalue weighted by atomic mass is 10.3. The van der Waals surface area contributed by atoms with E-state index in [-0.39, 0.29) is 5.56 Å². The highest BCUT2D eigenvalue weighted by Crippen LogP contribution is 2.10. The fourth-order valence-corrected chi connectivity index (χ4v) is 0.956. The normalized spacial score (nSPS) is 11.7. The Labute approximate surface area is 92.9 Å². The maximum atomic E-state index is 10.6. The van der Waals surface area contributed by atoms with Gasteiger partial charge in [-0.05, 0) is 19.7 Å². The molecule has 82 valence electrons. The van der Waals surface area contributed by atoms with Gasteiger partial charge in [0, 0.05) is 12.4 Å². The summed E-state index contributed by atoms with van der Waals surface area (Å²) in [6, 6.07) is 0. The number of rotatable bonds is 4. The Hall–Kier alpha value is -2.30. The van der Waals surface area contributed by atoms with Crippen molar-refractivity contribution in [1.82, 2.24) is 9.97 Å². The summed E-state index contributed by atoms with van der Waals surface area (Å²) in [6.07, 6.45) is 7.77. The molecule has 0 aliphatic rings. The number of hydrogen-bond acceptors (Lipinski definition) is 4. The van der Waals surface area contributed by atoms with Gasteiger partial charge in [-0.25, -0.2) is 14.8 Å². The van der Waals surface area contributed by atoms with Gasteiger partial charge in [0.25, 0.3) is 0 Å². The quantitative estimate of drug-likeness (QED) is 0.616. The van der Waals surface area contributed by atoms with Crippen LogP contribution in [0.4, 0.5) is 0 Å². The summed E-state index contributed by atoms with van der Waals surface area (Å²) in [5, 5.41) is 8.67. The van der Waals surface area contributed by atoms with Crippen LogP contribution in [0, 0.1) is 0 Å². The average Bonchev–Trinajstić information content (AvgIpc) is 2.30. The van der Waals surface area contributed by atoms with Gasteiger partial charge in [-0.15, -0.1) is 0 Å². The van der Waals surface area contributed by atoms with Crippen LogP contribution in [0.2, 0.25) is 0 Å². The third-order valence-electron chi connectivity index (χ3n) is 1.74. The third kappa shape index (κ3) is 2.84. The number of carbonyl (C=O) groups is 1. The van der Waals surface area contributed by atoms with Crippen molar-refractivity contribution in [3.63, 3.8) is 0 Å². The van der Waals surface area contributed by atoms with Crippen LogP contribution in [-0.4, -0.2) is 27.8 Å². The highest BCUT2D eigenvalue weighted by molar-refractivity contribution is 5.86. The largest absolute Gasteiger partial charge is 0.478 e. The lowest BCUT2D eigenvalue weighted by molar-refractivity contribution is 0.0696. The summed E-state index contributed by atoms with van der Waals surface area (Å²) < 4.78 is 0. The monoisotopic (exact) mass is 217 g/mol. The van der Waals surface area contributed by atoms with Crippen LogP contribution in [0.25, 0.3) is 5.70 Å². The number of aromatic nitrogens is 2. The second-order valence-corrected chi connectivity index (χ2v) is 2.84. The van der Waals surface area contributed by atoms with Gasteiger partial charge in [-0.2, -0.15) is 0 Å². The maximum absolute atomic E-state index is 10.6. The first-order valence-electron chi connectivity index (χ1n) is 4.54. The molecule has 5 heteroatoms. The second-order valence-electron chi connectivity index (χ2n) is 2.84. The van der Waals surface area contributed by atoms with Gasteiger partial charge in [0.2, 0.25) is 0 Å². The van der Waals surface area contributed by atoms with Crippen molar-refractivity contribution in [1.29, 1.82) is 0 Å². The molecule has 0 atom stereocenters. The van der Waals surface area contributed by atoms with E-state index in [1.165, 1.54) is 12.4 Å². The zero-order chi connectivity index (χ0) is 12.0. The van der Waals surface area contributed by atoms with Crippen LogP contribution in [0.1, 0.15) is 23.1 Å². The SMILES string of the molecule is C=N/C(=C\C=C/C)c1ncc(C(=O)O)cn1. The first kappa shape index (κ1) is 11.8. The van der Waals surface area contributed by atoms with Gasteiger partial charge < -0.3 is 5.11 Å². The number of carboxylic acids is 1. The third-order valence-corrected chi connectivity index (χ3v) is 1.74. The minimum absolute atomic E-state index is 0.0400. The highest BCUT2D eigenvalue weighted by atomic mass is 16.4. The number of nitrogens with zero attached hydrogens (tertiary/aromatic N) is 3. The molecular weight excluding hydrogens is 206 g/mol. The Kier molecular flexibility index (Phi) is 4.08. The topological polar surface area (TPSA) is 75.4 Å². The van der Waals surface area contributed by atoms with E-state index in [1.807, 2.05) is 13.0 Å². The smallest absolute Gasteiger partial charge is 0.338 e. The summed E-state index contributed by atoms with van der Waals surface area (Å²) >= 11 is 0. The molecule has 0 saturated heterocycles. The molecule has 0 aromatic carbocycles. The number of aliphatic imine (C=N–C) groups is 1. The van der Waals surface area contributed by atoms with E-state index < -0.39 is 5.97 Å². The molecule has 1 aromatic heterocycles.